The summed E-state index contributed by atoms with van der Waals surface area (Å²) in [5.41, 5.74) is -2.42. The number of alkyl halides is 1. The molecule has 0 radical (unpaired) electrons. The van der Waals surface area contributed by atoms with Gasteiger partial charge in [-0.2, -0.15) is 0 Å². The van der Waals surface area contributed by atoms with Gasteiger partial charge in [0.25, 0.3) is 0 Å². The first-order valence-electron chi connectivity index (χ1n) is 12.2. The Kier molecular flexibility index (Phi) is 6.79. The van der Waals surface area contributed by atoms with Crippen molar-refractivity contribution in [1.29, 1.82) is 0 Å². The molecule has 1 N–H and O–H groups in total. The monoisotopic (exact) mass is 540 g/mol. The maximum atomic E-state index is 13.0. The van der Waals surface area contributed by atoms with E-state index in [9.17, 15) is 24.3 Å². The van der Waals surface area contributed by atoms with Gasteiger partial charge in [0.05, 0.1) is 16.7 Å². The summed E-state index contributed by atoms with van der Waals surface area (Å²) >= 11 is 6.75. The van der Waals surface area contributed by atoms with Crippen LogP contribution >= 0.6 is 11.6 Å². The summed E-state index contributed by atoms with van der Waals surface area (Å²) in [4.78, 5) is 50.0. The molecule has 3 saturated heterocycles. The van der Waals surface area contributed by atoms with Gasteiger partial charge in [-0.15, -0.1) is 11.6 Å². The molecule has 3 aliphatic heterocycles. The molecule has 10 atom stereocenters. The average molecular weight is 541 g/mol. The molecule has 0 aromatic carbocycles. The molecule has 10 nitrogen and oxygen atoms in total. The standard InChI is InChI=1S/C26H33ClO10/c1-11-8-9-17(33-14(4)28)24(7)18(34-15(5)29)10-25(32)12(2)20(27)22-26(37-25,13(3)23(31)36-22)21(19(11)24)35-16(6)30/h13,17-22,32H,1-2,8-10H2,3-7H3/t13-,17-,18-,19+,20-,21-,22-,24+,25-,26-/m0/s1. The molecule has 1 aliphatic carbocycles. The first-order valence-corrected chi connectivity index (χ1v) is 12.7. The summed E-state index contributed by atoms with van der Waals surface area (Å²) in [5, 5.41) is 10.8. The molecule has 0 amide bonds. The molecule has 0 aromatic rings. The van der Waals surface area contributed by atoms with Crippen LogP contribution in [-0.4, -0.2) is 70.2 Å². The van der Waals surface area contributed by atoms with Gasteiger partial charge in [-0.1, -0.05) is 25.7 Å². The minimum absolute atomic E-state index is 0.00357. The number of hydrogen-bond donors (Lipinski definition) is 1. The van der Waals surface area contributed by atoms with Crippen LogP contribution in [0.2, 0.25) is 0 Å². The molecule has 204 valence electrons. The zero-order chi connectivity index (χ0) is 27.7. The number of esters is 4. The van der Waals surface area contributed by atoms with E-state index in [2.05, 4.69) is 13.2 Å². The molecule has 4 fully saturated rings. The van der Waals surface area contributed by atoms with Crippen LogP contribution in [0, 0.1) is 17.3 Å². The molecule has 2 bridgehead atoms. The third-order valence-electron chi connectivity index (χ3n) is 8.51. The van der Waals surface area contributed by atoms with Crippen molar-refractivity contribution in [2.45, 2.75) is 95.1 Å². The normalized spacial score (nSPS) is 44.9. The quantitative estimate of drug-likeness (QED) is 0.246. The molecule has 1 spiro atoms. The number of aliphatic hydroxyl groups is 1. The van der Waals surface area contributed by atoms with Gasteiger partial charge in [-0.05, 0) is 19.8 Å². The van der Waals surface area contributed by atoms with Gasteiger partial charge in [0, 0.05) is 38.7 Å². The van der Waals surface area contributed by atoms with E-state index < -0.39 is 82.3 Å². The third-order valence-corrected chi connectivity index (χ3v) is 9.00. The Morgan fingerprint density at radius 1 is 1.05 bits per heavy atom. The fourth-order valence-corrected chi connectivity index (χ4v) is 7.20. The summed E-state index contributed by atoms with van der Waals surface area (Å²) in [6.45, 7) is 15.1. The van der Waals surface area contributed by atoms with Crippen LogP contribution in [0.4, 0.5) is 0 Å². The van der Waals surface area contributed by atoms with Crippen molar-refractivity contribution in [3.63, 3.8) is 0 Å². The van der Waals surface area contributed by atoms with E-state index in [1.54, 1.807) is 13.8 Å². The zero-order valence-corrected chi connectivity index (χ0v) is 22.3. The maximum Gasteiger partial charge on any atom is 0.312 e. The second-order valence-corrected chi connectivity index (χ2v) is 11.2. The lowest BCUT2D eigenvalue weighted by Gasteiger charge is -2.62. The highest BCUT2D eigenvalue weighted by molar-refractivity contribution is 6.23. The number of carbonyl (C=O) groups excluding carboxylic acids is 4. The Labute approximate surface area is 220 Å². The number of hydrogen-bond acceptors (Lipinski definition) is 10. The van der Waals surface area contributed by atoms with Gasteiger partial charge in [0.15, 0.2) is 17.5 Å². The lowest BCUT2D eigenvalue weighted by molar-refractivity contribution is -0.344. The van der Waals surface area contributed by atoms with Crippen LogP contribution in [0.1, 0.15) is 53.9 Å². The number of halogens is 1. The maximum absolute atomic E-state index is 13.0. The Balaban J connectivity index is 2.06. The molecular formula is C26H33ClO10. The Hall–Kier alpha value is -2.43. The van der Waals surface area contributed by atoms with Gasteiger partial charge in [0.1, 0.15) is 18.3 Å². The molecular weight excluding hydrogens is 508 g/mol. The van der Waals surface area contributed by atoms with Crippen molar-refractivity contribution in [1.82, 2.24) is 0 Å². The van der Waals surface area contributed by atoms with Gasteiger partial charge in [0.2, 0.25) is 0 Å². The lowest BCUT2D eigenvalue weighted by Crippen LogP contribution is -2.75. The second-order valence-electron chi connectivity index (χ2n) is 10.7. The summed E-state index contributed by atoms with van der Waals surface area (Å²) in [5.74, 6) is -6.65. The van der Waals surface area contributed by atoms with Gasteiger partial charge < -0.3 is 28.8 Å². The molecule has 4 rings (SSSR count). The topological polar surface area (TPSA) is 135 Å². The number of carbonyl (C=O) groups is 4. The van der Waals surface area contributed by atoms with E-state index in [1.165, 1.54) is 20.8 Å². The molecule has 0 unspecified atom stereocenters. The summed E-state index contributed by atoms with van der Waals surface area (Å²) < 4.78 is 29.5. The highest BCUT2D eigenvalue weighted by Gasteiger charge is 2.76. The molecule has 1 saturated carbocycles. The zero-order valence-electron chi connectivity index (χ0n) is 21.6. The van der Waals surface area contributed by atoms with Crippen LogP contribution in [0.15, 0.2) is 24.3 Å². The lowest BCUT2D eigenvalue weighted by atomic mass is 9.53. The van der Waals surface area contributed by atoms with E-state index >= 15 is 0 Å². The van der Waals surface area contributed by atoms with Crippen LogP contribution in [-0.2, 0) is 42.9 Å². The van der Waals surface area contributed by atoms with Gasteiger partial charge >= 0.3 is 23.9 Å². The highest BCUT2D eigenvalue weighted by atomic mass is 35.5. The number of fused-ring (bicyclic) bond motifs is 2. The molecule has 0 aromatic heterocycles. The Bertz CT molecular complexity index is 1070. The van der Waals surface area contributed by atoms with Crippen molar-refractivity contribution >= 4 is 35.5 Å². The largest absolute Gasteiger partial charge is 0.462 e. The van der Waals surface area contributed by atoms with Crippen molar-refractivity contribution < 1.29 is 48.0 Å². The molecule has 11 heteroatoms. The van der Waals surface area contributed by atoms with Crippen LogP contribution in [0.5, 0.6) is 0 Å². The minimum atomic E-state index is -2.21. The third kappa shape index (κ3) is 3.99. The van der Waals surface area contributed by atoms with E-state index in [-0.39, 0.29) is 12.0 Å². The Morgan fingerprint density at radius 3 is 2.19 bits per heavy atom. The summed E-state index contributed by atoms with van der Waals surface area (Å²) in [7, 11) is 0. The first kappa shape index (κ1) is 27.6. The smallest absolute Gasteiger partial charge is 0.312 e. The van der Waals surface area contributed by atoms with Crippen LogP contribution < -0.4 is 0 Å². The minimum Gasteiger partial charge on any atom is -0.462 e. The molecule has 4 aliphatic rings. The second kappa shape index (κ2) is 9.10. The van der Waals surface area contributed by atoms with Crippen molar-refractivity contribution in [2.24, 2.45) is 17.3 Å². The van der Waals surface area contributed by atoms with Crippen molar-refractivity contribution in [2.75, 3.05) is 0 Å². The van der Waals surface area contributed by atoms with E-state index in [0.717, 1.165) is 0 Å². The molecule has 37 heavy (non-hydrogen) atoms. The van der Waals surface area contributed by atoms with Crippen molar-refractivity contribution in [3.8, 4) is 0 Å². The predicted molar refractivity (Wildman–Crippen MR) is 128 cm³/mol. The summed E-state index contributed by atoms with van der Waals surface area (Å²) in [6, 6.07) is 0. The van der Waals surface area contributed by atoms with Crippen molar-refractivity contribution in [3.05, 3.63) is 24.3 Å². The van der Waals surface area contributed by atoms with E-state index in [4.69, 9.17) is 35.3 Å². The van der Waals surface area contributed by atoms with Gasteiger partial charge in [-0.3, -0.25) is 19.2 Å². The van der Waals surface area contributed by atoms with Crippen LogP contribution in [0.25, 0.3) is 0 Å². The number of rotatable bonds is 3. The summed E-state index contributed by atoms with van der Waals surface area (Å²) in [6.07, 6.45) is -4.01. The number of ether oxygens (including phenoxy) is 5. The Morgan fingerprint density at radius 2 is 1.62 bits per heavy atom. The van der Waals surface area contributed by atoms with Crippen LogP contribution in [0.3, 0.4) is 0 Å². The predicted octanol–water partition coefficient (Wildman–Crippen LogP) is 2.34. The van der Waals surface area contributed by atoms with E-state index in [1.807, 2.05) is 0 Å². The van der Waals surface area contributed by atoms with E-state index in [0.29, 0.717) is 18.4 Å². The fraction of sp³-hybridized carbons (Fsp3) is 0.692. The first-order chi connectivity index (χ1) is 17.1. The SMILES string of the molecule is C=C1CC[C@H](OC(C)=O)[C@]2(C)[C@@H](OC(C)=O)C[C@]3(O)O[C@@]4([C@@H](C)C(=O)O[C@H]4[C@@H](Cl)C3=C)[C@@H](OC(C)=O)[C@@H]12. The fourth-order valence-electron chi connectivity index (χ4n) is 6.78. The molecule has 3 heterocycles. The van der Waals surface area contributed by atoms with Gasteiger partial charge in [-0.25, -0.2) is 0 Å². The highest BCUT2D eigenvalue weighted by Crippen LogP contribution is 2.62. The average Bonchev–Trinajstić information content (AvgIpc) is 3.03.